The van der Waals surface area contributed by atoms with E-state index in [4.69, 9.17) is 11.6 Å². The van der Waals surface area contributed by atoms with E-state index >= 15 is 0 Å². The van der Waals surface area contributed by atoms with Gasteiger partial charge in [-0.25, -0.2) is 0 Å². The van der Waals surface area contributed by atoms with Crippen LogP contribution in [0.25, 0.3) is 0 Å². The molecule has 0 aliphatic heterocycles. The number of rotatable bonds is 2. The Bertz CT molecular complexity index is 125. The minimum absolute atomic E-state index is 0.538. The Kier molecular flexibility index (Phi) is 4.14. The molecule has 0 saturated carbocycles. The first-order valence-corrected chi connectivity index (χ1v) is 3.11. The predicted molar refractivity (Wildman–Crippen MR) is 41.5 cm³/mol. The smallest absolute Gasteiger partial charge is 0.123 e. The van der Waals surface area contributed by atoms with Crippen LogP contribution in [-0.4, -0.2) is 17.2 Å². The van der Waals surface area contributed by atoms with Gasteiger partial charge >= 0.3 is 0 Å². The van der Waals surface area contributed by atoms with Gasteiger partial charge in [-0.1, -0.05) is 17.7 Å². The maximum absolute atomic E-state index is 5.48. The lowest BCUT2D eigenvalue weighted by molar-refractivity contribution is 0.491. The zero-order chi connectivity index (χ0) is 7.28. The van der Waals surface area contributed by atoms with Gasteiger partial charge in [-0.05, 0) is 13.8 Å². The summed E-state index contributed by atoms with van der Waals surface area (Å²) in [6, 6.07) is 0. The van der Waals surface area contributed by atoms with Crippen LogP contribution in [0.5, 0.6) is 0 Å². The van der Waals surface area contributed by atoms with Crippen molar-refractivity contribution in [3.05, 3.63) is 12.3 Å². The van der Waals surface area contributed by atoms with Crippen molar-refractivity contribution >= 4 is 16.8 Å². The number of hydrogen-bond acceptors (Lipinski definition) is 2. The van der Waals surface area contributed by atoms with Crippen LogP contribution >= 0.6 is 11.6 Å². The van der Waals surface area contributed by atoms with Gasteiger partial charge in [0.2, 0.25) is 0 Å². The lowest BCUT2D eigenvalue weighted by Gasteiger charge is -2.04. The van der Waals surface area contributed by atoms with Crippen LogP contribution in [0.3, 0.4) is 0 Å². The Hall–Kier alpha value is -0.500. The van der Waals surface area contributed by atoms with Crippen molar-refractivity contribution in [2.75, 3.05) is 7.05 Å². The third-order valence-electron chi connectivity index (χ3n) is 0.660. The summed E-state index contributed by atoms with van der Waals surface area (Å²) in [4.78, 5) is 0. The van der Waals surface area contributed by atoms with Crippen molar-refractivity contribution in [1.29, 1.82) is 0 Å². The monoisotopic (exact) mass is 146 g/mol. The van der Waals surface area contributed by atoms with Crippen molar-refractivity contribution in [2.24, 2.45) is 5.10 Å². The van der Waals surface area contributed by atoms with E-state index in [9.17, 15) is 0 Å². The second-order valence-electron chi connectivity index (χ2n) is 1.65. The third kappa shape index (κ3) is 5.37. The Morgan fingerprint density at radius 2 is 2.22 bits per heavy atom. The van der Waals surface area contributed by atoms with Crippen LogP contribution in [0.1, 0.15) is 13.8 Å². The molecule has 52 valence electrons. The van der Waals surface area contributed by atoms with Gasteiger partial charge in [0.05, 0.1) is 0 Å². The van der Waals surface area contributed by atoms with E-state index in [1.165, 1.54) is 0 Å². The highest BCUT2D eigenvalue weighted by molar-refractivity contribution is 6.64. The summed E-state index contributed by atoms with van der Waals surface area (Å²) in [7, 11) is 1.83. The van der Waals surface area contributed by atoms with Gasteiger partial charge in [0, 0.05) is 13.2 Å². The van der Waals surface area contributed by atoms with E-state index in [0.29, 0.717) is 5.17 Å². The average molecular weight is 147 g/mol. The van der Waals surface area contributed by atoms with Crippen molar-refractivity contribution < 1.29 is 0 Å². The number of halogens is 1. The molecule has 2 nitrogen and oxygen atoms in total. The SMILES string of the molecule is CC=CN(C)/N=C(\C)Cl. The van der Waals surface area contributed by atoms with Crippen LogP contribution in [0.15, 0.2) is 17.4 Å². The summed E-state index contributed by atoms with van der Waals surface area (Å²) in [6.45, 7) is 3.66. The maximum Gasteiger partial charge on any atom is 0.123 e. The first-order valence-electron chi connectivity index (χ1n) is 2.73. The number of hydrogen-bond donors (Lipinski definition) is 0. The molecular weight excluding hydrogens is 136 g/mol. The molecule has 0 bridgehead atoms. The Labute approximate surface area is 60.8 Å². The lowest BCUT2D eigenvalue weighted by atomic mass is 10.7. The topological polar surface area (TPSA) is 15.6 Å². The first-order chi connectivity index (χ1) is 4.16. The van der Waals surface area contributed by atoms with Crippen molar-refractivity contribution in [2.45, 2.75) is 13.8 Å². The van der Waals surface area contributed by atoms with Gasteiger partial charge in [-0.15, -0.1) is 0 Å². The Balaban J connectivity index is 3.76. The van der Waals surface area contributed by atoms with Gasteiger partial charge in [-0.2, -0.15) is 5.10 Å². The minimum Gasteiger partial charge on any atom is -0.275 e. The second kappa shape index (κ2) is 4.39. The lowest BCUT2D eigenvalue weighted by Crippen LogP contribution is -2.01. The quantitative estimate of drug-likeness (QED) is 0.430. The summed E-state index contributed by atoms with van der Waals surface area (Å²) >= 11 is 5.48. The molecule has 0 aliphatic rings. The average Bonchev–Trinajstić information content (AvgIpc) is 1.63. The van der Waals surface area contributed by atoms with E-state index in [-0.39, 0.29) is 0 Å². The molecule has 0 fully saturated rings. The third-order valence-corrected chi connectivity index (χ3v) is 0.736. The first kappa shape index (κ1) is 8.50. The van der Waals surface area contributed by atoms with Crippen LogP contribution in [-0.2, 0) is 0 Å². The number of allylic oxidation sites excluding steroid dienone is 1. The fourth-order valence-corrected chi connectivity index (χ4v) is 0.586. The molecule has 0 N–H and O–H groups in total. The summed E-state index contributed by atoms with van der Waals surface area (Å²) in [5, 5.41) is 6.09. The second-order valence-corrected chi connectivity index (χ2v) is 2.20. The summed E-state index contributed by atoms with van der Waals surface area (Å²) < 4.78 is 0. The van der Waals surface area contributed by atoms with Crippen LogP contribution in [0.4, 0.5) is 0 Å². The molecule has 0 unspecified atom stereocenters. The summed E-state index contributed by atoms with van der Waals surface area (Å²) in [5.74, 6) is 0. The molecule has 0 aromatic carbocycles. The molecule has 0 amide bonds. The minimum atomic E-state index is 0.538. The fraction of sp³-hybridized carbons (Fsp3) is 0.500. The molecule has 9 heavy (non-hydrogen) atoms. The van der Waals surface area contributed by atoms with Crippen molar-refractivity contribution in [3.8, 4) is 0 Å². The zero-order valence-electron chi connectivity index (χ0n) is 5.93. The summed E-state index contributed by atoms with van der Waals surface area (Å²) in [5.41, 5.74) is 0. The fourth-order valence-electron chi connectivity index (χ4n) is 0.466. The molecular formula is C6H11ClN2. The Morgan fingerprint density at radius 1 is 1.67 bits per heavy atom. The van der Waals surface area contributed by atoms with E-state index in [1.54, 1.807) is 11.9 Å². The zero-order valence-corrected chi connectivity index (χ0v) is 6.68. The van der Waals surface area contributed by atoms with E-state index < -0.39 is 0 Å². The van der Waals surface area contributed by atoms with Crippen LogP contribution in [0.2, 0.25) is 0 Å². The van der Waals surface area contributed by atoms with E-state index in [0.717, 1.165) is 0 Å². The van der Waals surface area contributed by atoms with Gasteiger partial charge < -0.3 is 0 Å². The molecule has 0 atom stereocenters. The Morgan fingerprint density at radius 3 is 2.56 bits per heavy atom. The van der Waals surface area contributed by atoms with Gasteiger partial charge in [0.1, 0.15) is 5.17 Å². The molecule has 0 radical (unpaired) electrons. The molecule has 0 saturated heterocycles. The normalized spacial score (nSPS) is 12.7. The standard InChI is InChI=1S/C6H11ClN2/c1-4-5-9(3)8-6(2)7/h4-5H,1-3H3/b5-4?,8-6+. The number of nitrogens with zero attached hydrogens (tertiary/aromatic N) is 2. The van der Waals surface area contributed by atoms with Gasteiger partial charge in [0.15, 0.2) is 0 Å². The van der Waals surface area contributed by atoms with Gasteiger partial charge in [0.25, 0.3) is 0 Å². The molecule has 3 heteroatoms. The van der Waals surface area contributed by atoms with Crippen LogP contribution < -0.4 is 0 Å². The molecule has 0 rings (SSSR count). The molecule has 0 heterocycles. The maximum atomic E-state index is 5.48. The van der Waals surface area contributed by atoms with Gasteiger partial charge in [-0.3, -0.25) is 5.01 Å². The largest absolute Gasteiger partial charge is 0.275 e. The molecule has 0 aromatic rings. The van der Waals surface area contributed by atoms with Crippen molar-refractivity contribution in [3.63, 3.8) is 0 Å². The highest BCUT2D eigenvalue weighted by atomic mass is 35.5. The van der Waals surface area contributed by atoms with E-state index in [1.807, 2.05) is 26.2 Å². The predicted octanol–water partition coefficient (Wildman–Crippen LogP) is 2.02. The molecule has 0 spiro atoms. The number of hydrazone groups is 1. The highest BCUT2D eigenvalue weighted by Gasteiger charge is 1.83. The highest BCUT2D eigenvalue weighted by Crippen LogP contribution is 1.89. The summed E-state index contributed by atoms with van der Waals surface area (Å²) in [6.07, 6.45) is 3.72. The van der Waals surface area contributed by atoms with E-state index in [2.05, 4.69) is 5.10 Å². The van der Waals surface area contributed by atoms with Crippen LogP contribution in [0, 0.1) is 0 Å². The van der Waals surface area contributed by atoms with Crippen molar-refractivity contribution in [1.82, 2.24) is 5.01 Å². The molecule has 0 aliphatic carbocycles. The molecule has 0 aromatic heterocycles.